The van der Waals surface area contributed by atoms with Gasteiger partial charge in [0.15, 0.2) is 5.78 Å². The van der Waals surface area contributed by atoms with Crippen molar-refractivity contribution in [3.63, 3.8) is 0 Å². The standard InChI is InChI=1S/C29H27NO4S/c1-22-17-19-26(20-18-22)35(32,33)30-27(24-13-7-3-8-14-24)29(28(31)25-15-9-4-10-16-25)34-21-23-11-5-2-6-12-23/h2-20,27,29-30H,21H2,1H3/t27-,29+/m1/s1. The summed E-state index contributed by atoms with van der Waals surface area (Å²) in [6, 6.07) is 33.0. The second kappa shape index (κ2) is 11.2. The Kier molecular flexibility index (Phi) is 7.87. The van der Waals surface area contributed by atoms with E-state index in [0.29, 0.717) is 11.1 Å². The molecular formula is C29H27NO4S. The smallest absolute Gasteiger partial charge is 0.241 e. The van der Waals surface area contributed by atoms with Gasteiger partial charge >= 0.3 is 0 Å². The van der Waals surface area contributed by atoms with Gasteiger partial charge in [-0.1, -0.05) is 109 Å². The molecule has 2 atom stereocenters. The van der Waals surface area contributed by atoms with Crippen molar-refractivity contribution in [2.24, 2.45) is 0 Å². The van der Waals surface area contributed by atoms with Crippen molar-refractivity contribution in [2.75, 3.05) is 0 Å². The van der Waals surface area contributed by atoms with Crippen LogP contribution in [0.1, 0.15) is 33.1 Å². The Morgan fingerprint density at radius 2 is 1.31 bits per heavy atom. The van der Waals surface area contributed by atoms with Crippen molar-refractivity contribution in [1.82, 2.24) is 4.72 Å². The van der Waals surface area contributed by atoms with E-state index >= 15 is 0 Å². The third-order valence-electron chi connectivity index (χ3n) is 5.66. The summed E-state index contributed by atoms with van der Waals surface area (Å²) in [4.78, 5) is 13.8. The van der Waals surface area contributed by atoms with E-state index in [1.165, 1.54) is 0 Å². The molecule has 0 aliphatic rings. The molecule has 0 saturated heterocycles. The third-order valence-corrected chi connectivity index (χ3v) is 7.12. The molecule has 0 spiro atoms. The van der Waals surface area contributed by atoms with Crippen LogP contribution in [0.2, 0.25) is 0 Å². The molecule has 0 aliphatic heterocycles. The average Bonchev–Trinajstić information content (AvgIpc) is 2.90. The number of benzene rings is 4. The zero-order valence-corrected chi connectivity index (χ0v) is 20.2. The summed E-state index contributed by atoms with van der Waals surface area (Å²) in [5, 5.41) is 0. The number of hydrogen-bond acceptors (Lipinski definition) is 4. The van der Waals surface area contributed by atoms with Crippen molar-refractivity contribution >= 4 is 15.8 Å². The molecule has 0 radical (unpaired) electrons. The van der Waals surface area contributed by atoms with E-state index in [1.807, 2.05) is 61.5 Å². The van der Waals surface area contributed by atoms with Crippen LogP contribution in [0.4, 0.5) is 0 Å². The van der Waals surface area contributed by atoms with Crippen LogP contribution in [0.5, 0.6) is 0 Å². The minimum absolute atomic E-state index is 0.123. The predicted molar refractivity (Wildman–Crippen MR) is 136 cm³/mol. The van der Waals surface area contributed by atoms with Gasteiger partial charge in [0.1, 0.15) is 6.10 Å². The molecule has 178 valence electrons. The number of sulfonamides is 1. The van der Waals surface area contributed by atoms with E-state index in [9.17, 15) is 13.2 Å². The van der Waals surface area contributed by atoms with E-state index in [4.69, 9.17) is 4.74 Å². The van der Waals surface area contributed by atoms with Crippen LogP contribution in [0.25, 0.3) is 0 Å². The molecule has 0 saturated carbocycles. The van der Waals surface area contributed by atoms with Crippen LogP contribution >= 0.6 is 0 Å². The molecule has 0 bridgehead atoms. The summed E-state index contributed by atoms with van der Waals surface area (Å²) in [5.41, 5.74) is 2.91. The van der Waals surface area contributed by atoms with Gasteiger partial charge in [-0.25, -0.2) is 13.1 Å². The Morgan fingerprint density at radius 1 is 0.771 bits per heavy atom. The number of ether oxygens (including phenoxy) is 1. The summed E-state index contributed by atoms with van der Waals surface area (Å²) < 4.78 is 35.7. The molecule has 35 heavy (non-hydrogen) atoms. The molecule has 0 heterocycles. The van der Waals surface area contributed by atoms with E-state index in [-0.39, 0.29) is 17.3 Å². The monoisotopic (exact) mass is 485 g/mol. The first kappa shape index (κ1) is 24.5. The van der Waals surface area contributed by atoms with Crippen molar-refractivity contribution in [1.29, 1.82) is 0 Å². The Hall–Kier alpha value is -3.58. The van der Waals surface area contributed by atoms with Gasteiger partial charge in [-0.3, -0.25) is 4.79 Å². The first-order chi connectivity index (χ1) is 16.9. The second-order valence-corrected chi connectivity index (χ2v) is 9.98. The number of ketones is 1. The van der Waals surface area contributed by atoms with Gasteiger partial charge in [-0.2, -0.15) is 0 Å². The lowest BCUT2D eigenvalue weighted by molar-refractivity contribution is 0.0207. The fourth-order valence-electron chi connectivity index (χ4n) is 3.77. The van der Waals surface area contributed by atoms with Crippen molar-refractivity contribution in [3.05, 3.63) is 138 Å². The maximum atomic E-state index is 13.7. The number of carbonyl (C=O) groups is 1. The molecular weight excluding hydrogens is 458 g/mol. The number of Topliss-reactive ketones (excluding diaryl/α,β-unsaturated/α-hetero) is 1. The van der Waals surface area contributed by atoms with Crippen LogP contribution in [0.3, 0.4) is 0 Å². The zero-order valence-electron chi connectivity index (χ0n) is 19.4. The summed E-state index contributed by atoms with van der Waals surface area (Å²) in [6.07, 6.45) is -1.10. The predicted octanol–water partition coefficient (Wildman–Crippen LogP) is 5.48. The zero-order chi connectivity index (χ0) is 24.7. The lowest BCUT2D eigenvalue weighted by atomic mass is 9.95. The highest BCUT2D eigenvalue weighted by Gasteiger charge is 2.35. The van der Waals surface area contributed by atoms with Gasteiger partial charge in [-0.05, 0) is 30.2 Å². The van der Waals surface area contributed by atoms with Gasteiger partial charge in [-0.15, -0.1) is 0 Å². The average molecular weight is 486 g/mol. The van der Waals surface area contributed by atoms with Crippen LogP contribution in [-0.4, -0.2) is 20.3 Å². The number of rotatable bonds is 10. The third kappa shape index (κ3) is 6.31. The number of nitrogens with one attached hydrogen (secondary N) is 1. The Morgan fingerprint density at radius 3 is 1.91 bits per heavy atom. The van der Waals surface area contributed by atoms with Crippen molar-refractivity contribution < 1.29 is 17.9 Å². The number of hydrogen-bond donors (Lipinski definition) is 1. The fourth-order valence-corrected chi connectivity index (χ4v) is 4.99. The van der Waals surface area contributed by atoms with Gasteiger partial charge in [0.25, 0.3) is 0 Å². The van der Waals surface area contributed by atoms with Crippen molar-refractivity contribution in [3.8, 4) is 0 Å². The molecule has 4 aromatic rings. The van der Waals surface area contributed by atoms with E-state index in [1.54, 1.807) is 60.7 Å². The van der Waals surface area contributed by atoms with E-state index in [2.05, 4.69) is 4.72 Å². The SMILES string of the molecule is Cc1ccc(S(=O)(=O)N[C@H](c2ccccc2)[C@H](OCc2ccccc2)C(=O)c2ccccc2)cc1. The normalized spacial score (nSPS) is 13.2. The highest BCUT2D eigenvalue weighted by Crippen LogP contribution is 2.26. The lowest BCUT2D eigenvalue weighted by Crippen LogP contribution is -2.42. The van der Waals surface area contributed by atoms with Crippen LogP contribution in [-0.2, 0) is 21.4 Å². The summed E-state index contributed by atoms with van der Waals surface area (Å²) in [6.45, 7) is 2.04. The van der Waals surface area contributed by atoms with Crippen molar-refractivity contribution in [2.45, 2.75) is 30.6 Å². The molecule has 0 fully saturated rings. The first-order valence-electron chi connectivity index (χ1n) is 11.3. The lowest BCUT2D eigenvalue weighted by Gasteiger charge is -2.28. The van der Waals surface area contributed by atoms with Gasteiger partial charge in [0, 0.05) is 5.56 Å². The number of aryl methyl sites for hydroxylation is 1. The maximum absolute atomic E-state index is 13.7. The summed E-state index contributed by atoms with van der Waals surface area (Å²) in [7, 11) is -3.95. The van der Waals surface area contributed by atoms with E-state index < -0.39 is 22.2 Å². The summed E-state index contributed by atoms with van der Waals surface area (Å²) in [5.74, 6) is -0.304. The van der Waals surface area contributed by atoms with E-state index in [0.717, 1.165) is 11.1 Å². The Labute approximate surface area is 206 Å². The van der Waals surface area contributed by atoms with Gasteiger partial charge in [0.2, 0.25) is 10.0 Å². The minimum atomic E-state index is -3.95. The van der Waals surface area contributed by atoms with Gasteiger partial charge < -0.3 is 4.74 Å². The first-order valence-corrected chi connectivity index (χ1v) is 12.8. The molecule has 0 aromatic heterocycles. The molecule has 0 amide bonds. The minimum Gasteiger partial charge on any atom is -0.363 e. The summed E-state index contributed by atoms with van der Waals surface area (Å²) >= 11 is 0. The topological polar surface area (TPSA) is 72.5 Å². The van der Waals surface area contributed by atoms with Crippen LogP contribution < -0.4 is 4.72 Å². The Balaban J connectivity index is 1.74. The Bertz CT molecular complexity index is 1340. The molecule has 5 nitrogen and oxygen atoms in total. The fraction of sp³-hybridized carbons (Fsp3) is 0.138. The maximum Gasteiger partial charge on any atom is 0.241 e. The van der Waals surface area contributed by atoms with Crippen LogP contribution in [0.15, 0.2) is 120 Å². The molecule has 1 N–H and O–H groups in total. The molecule has 6 heteroatoms. The quantitative estimate of drug-likeness (QED) is 0.302. The molecule has 4 rings (SSSR count). The van der Waals surface area contributed by atoms with Crippen LogP contribution in [0, 0.1) is 6.92 Å². The largest absolute Gasteiger partial charge is 0.363 e. The highest BCUT2D eigenvalue weighted by atomic mass is 32.2. The highest BCUT2D eigenvalue weighted by molar-refractivity contribution is 7.89. The number of carbonyl (C=O) groups excluding carboxylic acids is 1. The second-order valence-electron chi connectivity index (χ2n) is 8.27. The molecule has 0 unspecified atom stereocenters. The molecule has 4 aromatic carbocycles. The van der Waals surface area contributed by atoms with Gasteiger partial charge in [0.05, 0.1) is 17.5 Å². The molecule has 0 aliphatic carbocycles.